The van der Waals surface area contributed by atoms with Crippen LogP contribution in [0.4, 0.5) is 0 Å². The molecular formula is C10H11N3O5. The van der Waals surface area contributed by atoms with Crippen LogP contribution in [0.2, 0.25) is 0 Å². The fourth-order valence-corrected chi connectivity index (χ4v) is 0.996. The third-order valence-electron chi connectivity index (χ3n) is 1.78. The van der Waals surface area contributed by atoms with Crippen molar-refractivity contribution in [2.45, 2.75) is 13.8 Å². The fraction of sp³-hybridized carbons (Fsp3) is 0.200. The zero-order valence-corrected chi connectivity index (χ0v) is 9.67. The molecule has 2 heterocycles. The van der Waals surface area contributed by atoms with Crippen LogP contribution in [0.15, 0.2) is 16.7 Å². The van der Waals surface area contributed by atoms with Gasteiger partial charge in [0.1, 0.15) is 5.69 Å². The van der Waals surface area contributed by atoms with Gasteiger partial charge >= 0.3 is 11.9 Å². The summed E-state index contributed by atoms with van der Waals surface area (Å²) in [5, 5.41) is 26.0. The van der Waals surface area contributed by atoms with Gasteiger partial charge in [-0.25, -0.2) is 9.59 Å². The van der Waals surface area contributed by atoms with Gasteiger partial charge in [-0.3, -0.25) is 5.10 Å². The lowest BCUT2D eigenvalue weighted by molar-refractivity contribution is 0.0649. The molecule has 0 saturated heterocycles. The monoisotopic (exact) mass is 253 g/mol. The van der Waals surface area contributed by atoms with Crippen LogP contribution in [-0.4, -0.2) is 37.5 Å². The second kappa shape index (κ2) is 5.62. The Bertz CT molecular complexity index is 507. The van der Waals surface area contributed by atoms with E-state index in [1.807, 2.05) is 0 Å². The van der Waals surface area contributed by atoms with E-state index in [4.69, 9.17) is 10.2 Å². The van der Waals surface area contributed by atoms with E-state index < -0.39 is 11.9 Å². The Morgan fingerprint density at radius 3 is 2.06 bits per heavy atom. The summed E-state index contributed by atoms with van der Waals surface area (Å²) in [6.45, 7) is 3.39. The number of aromatic amines is 1. The van der Waals surface area contributed by atoms with Gasteiger partial charge in [0.05, 0.1) is 11.4 Å². The summed E-state index contributed by atoms with van der Waals surface area (Å²) < 4.78 is 4.38. The minimum atomic E-state index is -1.09. The molecule has 8 nitrogen and oxygen atoms in total. The second-order valence-corrected chi connectivity index (χ2v) is 3.37. The Labute approximate surface area is 101 Å². The minimum absolute atomic E-state index is 0.118. The van der Waals surface area contributed by atoms with Gasteiger partial charge in [0, 0.05) is 6.07 Å². The van der Waals surface area contributed by atoms with Crippen molar-refractivity contribution in [3.05, 3.63) is 35.0 Å². The van der Waals surface area contributed by atoms with Gasteiger partial charge < -0.3 is 14.7 Å². The SMILES string of the molecule is Cc1cc(C(=O)O)[nH]n1.Cc1cc(C(=O)O)on1. The molecule has 0 atom stereocenters. The predicted octanol–water partition coefficient (Wildman–Crippen LogP) is 1.10. The Morgan fingerprint density at radius 2 is 1.83 bits per heavy atom. The molecular weight excluding hydrogens is 242 g/mol. The summed E-state index contributed by atoms with van der Waals surface area (Å²) in [5.74, 6) is -2.18. The van der Waals surface area contributed by atoms with Crippen LogP contribution in [0.1, 0.15) is 32.4 Å². The molecule has 0 spiro atoms. The molecule has 0 radical (unpaired) electrons. The lowest BCUT2D eigenvalue weighted by atomic mass is 10.4. The van der Waals surface area contributed by atoms with Crippen molar-refractivity contribution in [1.82, 2.24) is 15.4 Å². The Kier molecular flexibility index (Phi) is 4.19. The van der Waals surface area contributed by atoms with Gasteiger partial charge in [0.2, 0.25) is 5.76 Å². The highest BCUT2D eigenvalue weighted by atomic mass is 16.5. The topological polar surface area (TPSA) is 129 Å². The van der Waals surface area contributed by atoms with Gasteiger partial charge in [-0.1, -0.05) is 5.16 Å². The highest BCUT2D eigenvalue weighted by molar-refractivity contribution is 5.85. The molecule has 0 aliphatic rings. The first kappa shape index (κ1) is 13.4. The number of rotatable bonds is 2. The third kappa shape index (κ3) is 3.74. The van der Waals surface area contributed by atoms with Crippen molar-refractivity contribution in [1.29, 1.82) is 0 Å². The fourth-order valence-electron chi connectivity index (χ4n) is 0.996. The molecule has 0 amide bonds. The highest BCUT2D eigenvalue weighted by Crippen LogP contribution is 2.00. The lowest BCUT2D eigenvalue weighted by Crippen LogP contribution is -1.95. The third-order valence-corrected chi connectivity index (χ3v) is 1.78. The number of H-pyrrole nitrogens is 1. The number of aromatic nitrogens is 3. The Hall–Kier alpha value is -2.64. The van der Waals surface area contributed by atoms with E-state index in [1.165, 1.54) is 12.1 Å². The van der Waals surface area contributed by atoms with E-state index in [0.717, 1.165) is 0 Å². The summed E-state index contributed by atoms with van der Waals surface area (Å²) in [7, 11) is 0. The normalized spacial score (nSPS) is 9.44. The van der Waals surface area contributed by atoms with Gasteiger partial charge in [-0.05, 0) is 19.9 Å². The van der Waals surface area contributed by atoms with E-state index in [0.29, 0.717) is 11.4 Å². The van der Waals surface area contributed by atoms with Crippen LogP contribution in [0.25, 0.3) is 0 Å². The first-order valence-electron chi connectivity index (χ1n) is 4.82. The molecule has 0 unspecified atom stereocenters. The molecule has 0 aliphatic carbocycles. The molecule has 0 fully saturated rings. The van der Waals surface area contributed by atoms with Crippen molar-refractivity contribution < 1.29 is 24.3 Å². The standard InChI is InChI=1S/C5H6N2O2.C5H5NO3/c1-3-2-4(5(8)9)7-6-3;1-3-2-4(5(7)8)9-6-3/h2H,1H3,(H,6,7)(H,8,9);2H,1H3,(H,7,8). The van der Waals surface area contributed by atoms with Crippen molar-refractivity contribution in [2.24, 2.45) is 0 Å². The molecule has 2 rings (SSSR count). The lowest BCUT2D eigenvalue weighted by Gasteiger charge is -1.79. The Balaban J connectivity index is 0.000000180. The van der Waals surface area contributed by atoms with Crippen molar-refractivity contribution in [2.75, 3.05) is 0 Å². The van der Waals surface area contributed by atoms with Crippen LogP contribution in [0, 0.1) is 13.8 Å². The van der Waals surface area contributed by atoms with Crippen LogP contribution in [0.3, 0.4) is 0 Å². The summed E-state index contributed by atoms with van der Waals surface area (Å²) >= 11 is 0. The maximum absolute atomic E-state index is 10.1. The molecule has 2 aromatic rings. The molecule has 2 aromatic heterocycles. The van der Waals surface area contributed by atoms with Crippen molar-refractivity contribution in [3.8, 4) is 0 Å². The molecule has 8 heteroatoms. The maximum Gasteiger partial charge on any atom is 0.374 e. The van der Waals surface area contributed by atoms with Crippen LogP contribution >= 0.6 is 0 Å². The minimum Gasteiger partial charge on any atom is -0.477 e. The van der Waals surface area contributed by atoms with Gasteiger partial charge in [-0.2, -0.15) is 5.10 Å². The number of nitrogens with one attached hydrogen (secondary N) is 1. The van der Waals surface area contributed by atoms with E-state index in [2.05, 4.69) is 19.9 Å². The number of nitrogens with zero attached hydrogens (tertiary/aromatic N) is 2. The number of aryl methyl sites for hydroxylation is 2. The van der Waals surface area contributed by atoms with E-state index in [9.17, 15) is 9.59 Å². The second-order valence-electron chi connectivity index (χ2n) is 3.37. The van der Waals surface area contributed by atoms with Gasteiger partial charge in [-0.15, -0.1) is 0 Å². The number of hydrogen-bond donors (Lipinski definition) is 3. The number of carbonyl (C=O) groups is 2. The van der Waals surface area contributed by atoms with Crippen LogP contribution < -0.4 is 0 Å². The average Bonchev–Trinajstić information content (AvgIpc) is 2.88. The summed E-state index contributed by atoms with van der Waals surface area (Å²) in [5.41, 5.74) is 1.40. The maximum atomic E-state index is 10.1. The smallest absolute Gasteiger partial charge is 0.374 e. The molecule has 18 heavy (non-hydrogen) atoms. The molecule has 0 saturated carbocycles. The molecule has 96 valence electrons. The Morgan fingerprint density at radius 1 is 1.17 bits per heavy atom. The highest BCUT2D eigenvalue weighted by Gasteiger charge is 2.07. The largest absolute Gasteiger partial charge is 0.477 e. The van der Waals surface area contributed by atoms with Crippen molar-refractivity contribution in [3.63, 3.8) is 0 Å². The number of aromatic carboxylic acids is 2. The average molecular weight is 253 g/mol. The summed E-state index contributed by atoms with van der Waals surface area (Å²) in [4.78, 5) is 20.2. The van der Waals surface area contributed by atoms with E-state index in [1.54, 1.807) is 13.8 Å². The molecule has 3 N–H and O–H groups in total. The summed E-state index contributed by atoms with van der Waals surface area (Å²) in [6, 6.07) is 2.84. The summed E-state index contributed by atoms with van der Waals surface area (Å²) in [6.07, 6.45) is 0. The number of carboxylic acid groups (broad SMARTS) is 2. The first-order chi connectivity index (χ1) is 8.40. The van der Waals surface area contributed by atoms with Crippen molar-refractivity contribution >= 4 is 11.9 Å². The van der Waals surface area contributed by atoms with Crippen LogP contribution in [0.5, 0.6) is 0 Å². The van der Waals surface area contributed by atoms with Gasteiger partial charge in [0.15, 0.2) is 0 Å². The molecule has 0 bridgehead atoms. The predicted molar refractivity (Wildman–Crippen MR) is 58.5 cm³/mol. The zero-order chi connectivity index (χ0) is 13.7. The molecule has 0 aromatic carbocycles. The van der Waals surface area contributed by atoms with E-state index in [-0.39, 0.29) is 11.5 Å². The number of carboxylic acids is 2. The number of hydrogen-bond acceptors (Lipinski definition) is 5. The van der Waals surface area contributed by atoms with Gasteiger partial charge in [0.25, 0.3) is 0 Å². The zero-order valence-electron chi connectivity index (χ0n) is 9.67. The first-order valence-corrected chi connectivity index (χ1v) is 4.82. The quantitative estimate of drug-likeness (QED) is 0.730. The van der Waals surface area contributed by atoms with E-state index >= 15 is 0 Å². The molecule has 0 aliphatic heterocycles. The van der Waals surface area contributed by atoms with Crippen LogP contribution in [-0.2, 0) is 0 Å².